The van der Waals surface area contributed by atoms with Gasteiger partial charge in [-0.2, -0.15) is 5.10 Å². The van der Waals surface area contributed by atoms with Crippen molar-refractivity contribution < 1.29 is 18.0 Å². The second-order valence-electron chi connectivity index (χ2n) is 7.55. The van der Waals surface area contributed by atoms with Gasteiger partial charge in [0.1, 0.15) is 5.71 Å². The van der Waals surface area contributed by atoms with Gasteiger partial charge in [0.2, 0.25) is 5.91 Å². The van der Waals surface area contributed by atoms with Crippen molar-refractivity contribution in [2.45, 2.75) is 31.3 Å². The van der Waals surface area contributed by atoms with Crippen LogP contribution in [0, 0.1) is 0 Å². The number of carbonyl (C=O) groups excluding carboxylic acids is 2. The number of sulfone groups is 1. The summed E-state index contributed by atoms with van der Waals surface area (Å²) in [4.78, 5) is 26.9. The first-order valence-electron chi connectivity index (χ1n) is 9.47. The van der Waals surface area contributed by atoms with Crippen LogP contribution in [0.25, 0.3) is 0 Å². The molecule has 2 atom stereocenters. The molecule has 0 radical (unpaired) electrons. The normalized spacial score (nSPS) is 22.5. The topological polar surface area (TPSA) is 99.2 Å². The summed E-state index contributed by atoms with van der Waals surface area (Å²) in [5, 5.41) is 8.90. The van der Waals surface area contributed by atoms with Crippen LogP contribution in [0.4, 0.5) is 0 Å². The first kappa shape index (κ1) is 21.7. The Morgan fingerprint density at radius 3 is 2.69 bits per heavy atom. The molecule has 8 nitrogen and oxygen atoms in total. The van der Waals surface area contributed by atoms with Crippen molar-refractivity contribution in [3.8, 4) is 0 Å². The van der Waals surface area contributed by atoms with Crippen molar-refractivity contribution in [2.24, 2.45) is 5.10 Å². The Hall–Kier alpha value is -1.97. The number of likely N-dealkylation sites (N-methyl/N-ethyl adjacent to an activating group) is 1. The zero-order chi connectivity index (χ0) is 21.2. The van der Waals surface area contributed by atoms with Gasteiger partial charge >= 0.3 is 0 Å². The van der Waals surface area contributed by atoms with Crippen molar-refractivity contribution in [3.05, 3.63) is 34.9 Å². The van der Waals surface area contributed by atoms with Crippen molar-refractivity contribution in [3.63, 3.8) is 0 Å². The van der Waals surface area contributed by atoms with Gasteiger partial charge < -0.3 is 10.2 Å². The van der Waals surface area contributed by atoms with Crippen molar-refractivity contribution in [1.82, 2.24) is 15.2 Å². The van der Waals surface area contributed by atoms with E-state index in [0.717, 1.165) is 5.56 Å². The summed E-state index contributed by atoms with van der Waals surface area (Å²) in [5.74, 6) is -0.666. The molecule has 10 heteroatoms. The Bertz CT molecular complexity index is 932. The maximum atomic E-state index is 12.7. The van der Waals surface area contributed by atoms with E-state index in [-0.39, 0.29) is 47.9 Å². The van der Waals surface area contributed by atoms with Gasteiger partial charge in [0, 0.05) is 24.4 Å². The molecule has 0 saturated carbocycles. The molecule has 1 aromatic carbocycles. The average molecular weight is 441 g/mol. The molecular weight excluding hydrogens is 416 g/mol. The predicted octanol–water partition coefficient (Wildman–Crippen LogP) is 1.22. The third-order valence-electron chi connectivity index (χ3n) is 5.22. The summed E-state index contributed by atoms with van der Waals surface area (Å²) < 4.78 is 23.5. The van der Waals surface area contributed by atoms with Crippen LogP contribution < -0.4 is 5.32 Å². The number of amides is 2. The van der Waals surface area contributed by atoms with E-state index in [1.54, 1.807) is 6.07 Å². The molecule has 0 spiro atoms. The molecule has 0 aliphatic carbocycles. The number of nitrogens with zero attached hydrogens (tertiary/aromatic N) is 3. The fraction of sp³-hybridized carbons (Fsp3) is 0.526. The van der Waals surface area contributed by atoms with Gasteiger partial charge in [-0.25, -0.2) is 13.4 Å². The molecule has 2 aliphatic rings. The number of benzene rings is 1. The molecule has 0 bridgehead atoms. The van der Waals surface area contributed by atoms with Gasteiger partial charge in [0.25, 0.3) is 5.91 Å². The fourth-order valence-electron chi connectivity index (χ4n) is 3.60. The van der Waals surface area contributed by atoms with Gasteiger partial charge in [-0.1, -0.05) is 29.8 Å². The number of nitrogens with one attached hydrogen (secondary N) is 1. The number of rotatable bonds is 6. The lowest BCUT2D eigenvalue weighted by atomic mass is 10.1. The largest absolute Gasteiger partial charge is 0.349 e. The lowest BCUT2D eigenvalue weighted by Gasteiger charge is -2.28. The monoisotopic (exact) mass is 440 g/mol. The zero-order valence-corrected chi connectivity index (χ0v) is 18.0. The summed E-state index contributed by atoms with van der Waals surface area (Å²) in [5.41, 5.74) is 1.14. The van der Waals surface area contributed by atoms with E-state index < -0.39 is 15.9 Å². The Balaban J connectivity index is 1.70. The third-order valence-corrected chi connectivity index (χ3v) is 7.31. The lowest BCUT2D eigenvalue weighted by molar-refractivity contribution is -0.133. The van der Waals surface area contributed by atoms with Gasteiger partial charge in [0.05, 0.1) is 23.6 Å². The van der Waals surface area contributed by atoms with Gasteiger partial charge in [0.15, 0.2) is 9.84 Å². The smallest absolute Gasteiger partial charge is 0.267 e. The van der Waals surface area contributed by atoms with E-state index in [2.05, 4.69) is 10.4 Å². The number of halogens is 1. The van der Waals surface area contributed by atoms with Gasteiger partial charge in [-0.15, -0.1) is 0 Å². The van der Waals surface area contributed by atoms with Gasteiger partial charge in [-0.05, 0) is 32.1 Å². The molecule has 3 rings (SSSR count). The van der Waals surface area contributed by atoms with E-state index in [9.17, 15) is 18.0 Å². The van der Waals surface area contributed by atoms with Gasteiger partial charge in [-0.3, -0.25) is 9.59 Å². The highest BCUT2D eigenvalue weighted by atomic mass is 35.5. The summed E-state index contributed by atoms with van der Waals surface area (Å²) in [7, 11) is 0.651. The number of hydrazone groups is 1. The van der Waals surface area contributed by atoms with Crippen LogP contribution in [0.5, 0.6) is 0 Å². The highest BCUT2D eigenvalue weighted by Crippen LogP contribution is 2.26. The molecular formula is C19H25ClN4O4S. The number of carbonyl (C=O) groups is 2. The van der Waals surface area contributed by atoms with Crippen molar-refractivity contribution in [1.29, 1.82) is 0 Å². The Morgan fingerprint density at radius 2 is 2.07 bits per heavy atom. The highest BCUT2D eigenvalue weighted by Gasteiger charge is 2.37. The first-order valence-corrected chi connectivity index (χ1v) is 11.7. The maximum absolute atomic E-state index is 12.7. The van der Waals surface area contributed by atoms with Crippen LogP contribution >= 0.6 is 11.6 Å². The molecule has 1 saturated heterocycles. The van der Waals surface area contributed by atoms with E-state index in [1.165, 1.54) is 5.01 Å². The molecule has 29 heavy (non-hydrogen) atoms. The summed E-state index contributed by atoms with van der Waals surface area (Å²) >= 11 is 6.30. The van der Waals surface area contributed by atoms with Crippen molar-refractivity contribution in [2.75, 3.05) is 32.1 Å². The average Bonchev–Trinajstić information content (AvgIpc) is 3.02. The highest BCUT2D eigenvalue weighted by molar-refractivity contribution is 7.91. The van der Waals surface area contributed by atoms with Crippen LogP contribution in [0.3, 0.4) is 0 Å². The minimum Gasteiger partial charge on any atom is -0.349 e. The molecule has 1 aromatic rings. The van der Waals surface area contributed by atoms with E-state index in [1.807, 2.05) is 37.2 Å². The number of hydrogen-bond donors (Lipinski definition) is 1. The van der Waals surface area contributed by atoms with E-state index in [4.69, 9.17) is 11.6 Å². The molecule has 2 aliphatic heterocycles. The van der Waals surface area contributed by atoms with Crippen LogP contribution in [-0.4, -0.2) is 74.0 Å². The summed E-state index contributed by atoms with van der Waals surface area (Å²) in [6.45, 7) is 0.320. The Labute approximate surface area is 175 Å². The minimum atomic E-state index is -3.15. The van der Waals surface area contributed by atoms with Crippen LogP contribution in [0.15, 0.2) is 29.4 Å². The standard InChI is InChI=1S/C19H25ClN4O4S/c1-23(2)17(14-5-3-4-6-15(14)20)11-21-19(26)16-7-8-18(25)24(22-16)13-9-10-29(27,28)12-13/h3-6,13,17H,7-12H2,1-2H3,(H,21,26). The SMILES string of the molecule is CN(C)C(CNC(=O)C1=NN(C2CCS(=O)(=O)C2)C(=O)CC1)c1ccccc1Cl. The van der Waals surface area contributed by atoms with Crippen LogP contribution in [0.1, 0.15) is 30.9 Å². The predicted molar refractivity (Wildman–Crippen MR) is 111 cm³/mol. The minimum absolute atomic E-state index is 0.0425. The summed E-state index contributed by atoms with van der Waals surface area (Å²) in [6, 6.07) is 6.84. The molecule has 2 amide bonds. The molecule has 0 aromatic heterocycles. The second-order valence-corrected chi connectivity index (χ2v) is 10.2. The molecule has 1 N–H and O–H groups in total. The first-order chi connectivity index (χ1) is 13.7. The Morgan fingerprint density at radius 1 is 1.34 bits per heavy atom. The molecule has 2 unspecified atom stereocenters. The molecule has 2 heterocycles. The zero-order valence-electron chi connectivity index (χ0n) is 16.5. The van der Waals surface area contributed by atoms with Crippen LogP contribution in [0.2, 0.25) is 5.02 Å². The quantitative estimate of drug-likeness (QED) is 0.717. The third kappa shape index (κ3) is 5.15. The van der Waals surface area contributed by atoms with E-state index in [0.29, 0.717) is 18.0 Å². The van der Waals surface area contributed by atoms with Crippen LogP contribution in [-0.2, 0) is 19.4 Å². The maximum Gasteiger partial charge on any atom is 0.267 e. The van der Waals surface area contributed by atoms with E-state index >= 15 is 0 Å². The second kappa shape index (κ2) is 8.81. The summed E-state index contributed by atoms with van der Waals surface area (Å²) in [6.07, 6.45) is 0.728. The molecule has 158 valence electrons. The Kier molecular flexibility index (Phi) is 6.60. The number of hydrogen-bond acceptors (Lipinski definition) is 6. The van der Waals surface area contributed by atoms with Crippen molar-refractivity contribution >= 4 is 39.0 Å². The lowest BCUT2D eigenvalue weighted by Crippen LogP contribution is -2.45. The molecule has 1 fully saturated rings. The fourth-order valence-corrected chi connectivity index (χ4v) is 5.55.